The molecular formula is C16H17BrClN. The molecule has 0 aromatic heterocycles. The lowest BCUT2D eigenvalue weighted by molar-refractivity contribution is 0.495. The molecular weight excluding hydrogens is 322 g/mol. The molecule has 2 unspecified atom stereocenters. The van der Waals surface area contributed by atoms with Gasteiger partial charge in [0.2, 0.25) is 0 Å². The van der Waals surface area contributed by atoms with Crippen molar-refractivity contribution >= 4 is 27.5 Å². The Balaban J connectivity index is 2.10. The molecule has 100 valence electrons. The first-order valence-corrected chi connectivity index (χ1v) is 7.51. The summed E-state index contributed by atoms with van der Waals surface area (Å²) >= 11 is 9.71. The van der Waals surface area contributed by atoms with Crippen molar-refractivity contribution in [1.29, 1.82) is 0 Å². The molecule has 0 aliphatic rings. The molecule has 0 bridgehead atoms. The molecule has 1 nitrogen and oxygen atoms in total. The molecule has 0 saturated carbocycles. The van der Waals surface area contributed by atoms with Gasteiger partial charge in [0.25, 0.3) is 0 Å². The second-order valence-electron chi connectivity index (χ2n) is 4.69. The summed E-state index contributed by atoms with van der Waals surface area (Å²) in [6.07, 6.45) is 0. The van der Waals surface area contributed by atoms with E-state index >= 15 is 0 Å². The van der Waals surface area contributed by atoms with Crippen molar-refractivity contribution in [3.05, 3.63) is 69.2 Å². The smallest absolute Gasteiger partial charge is 0.0464 e. The number of nitrogens with one attached hydrogen (secondary N) is 1. The molecule has 2 aromatic rings. The highest BCUT2D eigenvalue weighted by Gasteiger charge is 2.13. The molecule has 0 spiro atoms. The zero-order chi connectivity index (χ0) is 13.8. The summed E-state index contributed by atoms with van der Waals surface area (Å²) in [4.78, 5) is 0. The molecule has 2 atom stereocenters. The largest absolute Gasteiger partial charge is 0.304 e. The highest BCUT2D eigenvalue weighted by molar-refractivity contribution is 9.10. The molecule has 0 radical (unpaired) electrons. The molecule has 0 heterocycles. The summed E-state index contributed by atoms with van der Waals surface area (Å²) in [6.45, 7) is 4.30. The van der Waals surface area contributed by atoms with E-state index in [1.54, 1.807) is 0 Å². The summed E-state index contributed by atoms with van der Waals surface area (Å²) in [7, 11) is 0. The van der Waals surface area contributed by atoms with Crippen LogP contribution in [-0.2, 0) is 0 Å². The first kappa shape index (κ1) is 14.6. The zero-order valence-electron chi connectivity index (χ0n) is 11.0. The maximum atomic E-state index is 6.28. The van der Waals surface area contributed by atoms with E-state index < -0.39 is 0 Å². The first-order chi connectivity index (χ1) is 9.08. The maximum Gasteiger partial charge on any atom is 0.0464 e. The number of rotatable bonds is 4. The van der Waals surface area contributed by atoms with Crippen LogP contribution >= 0.6 is 27.5 Å². The minimum Gasteiger partial charge on any atom is -0.304 e. The van der Waals surface area contributed by atoms with E-state index in [-0.39, 0.29) is 12.1 Å². The zero-order valence-corrected chi connectivity index (χ0v) is 13.4. The molecule has 1 N–H and O–H groups in total. The van der Waals surface area contributed by atoms with Gasteiger partial charge in [-0.2, -0.15) is 0 Å². The highest BCUT2D eigenvalue weighted by atomic mass is 79.9. The molecule has 0 aliphatic carbocycles. The number of hydrogen-bond acceptors (Lipinski definition) is 1. The van der Waals surface area contributed by atoms with E-state index in [4.69, 9.17) is 11.6 Å². The van der Waals surface area contributed by atoms with Gasteiger partial charge in [0.15, 0.2) is 0 Å². The minimum atomic E-state index is 0.204. The van der Waals surface area contributed by atoms with Crippen molar-refractivity contribution in [2.45, 2.75) is 25.9 Å². The van der Waals surface area contributed by atoms with E-state index in [0.717, 1.165) is 15.1 Å². The number of halogens is 2. The van der Waals surface area contributed by atoms with Crippen LogP contribution in [0.2, 0.25) is 5.02 Å². The molecule has 19 heavy (non-hydrogen) atoms. The summed E-state index contributed by atoms with van der Waals surface area (Å²) in [6, 6.07) is 16.9. The third-order valence-corrected chi connectivity index (χ3v) is 4.05. The van der Waals surface area contributed by atoms with Crippen LogP contribution in [0.15, 0.2) is 53.0 Å². The van der Waals surface area contributed by atoms with Crippen molar-refractivity contribution in [2.75, 3.05) is 0 Å². The molecule has 2 aromatic carbocycles. The van der Waals surface area contributed by atoms with Crippen molar-refractivity contribution in [3.63, 3.8) is 0 Å². The quantitative estimate of drug-likeness (QED) is 0.774. The van der Waals surface area contributed by atoms with Crippen LogP contribution in [0, 0.1) is 0 Å². The molecule has 2 rings (SSSR count). The Morgan fingerprint density at radius 1 is 1.00 bits per heavy atom. The van der Waals surface area contributed by atoms with Crippen LogP contribution < -0.4 is 5.32 Å². The molecule has 0 aliphatic heterocycles. The monoisotopic (exact) mass is 337 g/mol. The van der Waals surface area contributed by atoms with Crippen molar-refractivity contribution in [2.24, 2.45) is 0 Å². The van der Waals surface area contributed by atoms with E-state index in [1.807, 2.05) is 18.2 Å². The van der Waals surface area contributed by atoms with Gasteiger partial charge in [0, 0.05) is 21.6 Å². The van der Waals surface area contributed by atoms with Gasteiger partial charge in [-0.25, -0.2) is 0 Å². The van der Waals surface area contributed by atoms with Crippen LogP contribution in [0.25, 0.3) is 0 Å². The fraction of sp³-hybridized carbons (Fsp3) is 0.250. The van der Waals surface area contributed by atoms with Crippen molar-refractivity contribution in [1.82, 2.24) is 5.32 Å². The van der Waals surface area contributed by atoms with E-state index in [0.29, 0.717) is 0 Å². The maximum absolute atomic E-state index is 6.28. The molecule has 0 amide bonds. The van der Waals surface area contributed by atoms with Crippen LogP contribution in [0.1, 0.15) is 37.1 Å². The molecule has 0 fully saturated rings. The minimum absolute atomic E-state index is 0.204. The standard InChI is InChI=1S/C16H17BrClN/c1-11(13-6-4-3-5-7-13)19-12(2)15-9-8-14(17)10-16(15)18/h3-12,19H,1-2H3. The second-order valence-corrected chi connectivity index (χ2v) is 6.01. The van der Waals surface area contributed by atoms with E-state index in [9.17, 15) is 0 Å². The Kier molecular flexibility index (Phi) is 5.03. The van der Waals surface area contributed by atoms with Gasteiger partial charge in [-0.1, -0.05) is 63.9 Å². The molecule has 0 saturated heterocycles. The third kappa shape index (κ3) is 3.82. The Morgan fingerprint density at radius 3 is 2.32 bits per heavy atom. The van der Waals surface area contributed by atoms with Crippen LogP contribution in [0.3, 0.4) is 0 Å². The van der Waals surface area contributed by atoms with Crippen LogP contribution in [0.5, 0.6) is 0 Å². The van der Waals surface area contributed by atoms with Crippen molar-refractivity contribution in [3.8, 4) is 0 Å². The number of hydrogen-bond donors (Lipinski definition) is 1. The summed E-state index contributed by atoms with van der Waals surface area (Å²) in [5.74, 6) is 0. The van der Waals surface area contributed by atoms with E-state index in [2.05, 4.69) is 65.4 Å². The van der Waals surface area contributed by atoms with Gasteiger partial charge >= 0.3 is 0 Å². The second kappa shape index (κ2) is 6.56. The Hall–Kier alpha value is -0.830. The van der Waals surface area contributed by atoms with Gasteiger partial charge in [0.1, 0.15) is 0 Å². The van der Waals surface area contributed by atoms with Crippen LogP contribution in [-0.4, -0.2) is 0 Å². The Bertz CT molecular complexity index is 542. The topological polar surface area (TPSA) is 12.0 Å². The average Bonchev–Trinajstić information content (AvgIpc) is 2.39. The van der Waals surface area contributed by atoms with Crippen molar-refractivity contribution < 1.29 is 0 Å². The Labute approximate surface area is 128 Å². The molecule has 3 heteroatoms. The fourth-order valence-electron chi connectivity index (χ4n) is 2.16. The van der Waals surface area contributed by atoms with Gasteiger partial charge in [-0.15, -0.1) is 0 Å². The number of benzene rings is 2. The normalized spacial score (nSPS) is 14.1. The first-order valence-electron chi connectivity index (χ1n) is 6.34. The lowest BCUT2D eigenvalue weighted by Crippen LogP contribution is -2.22. The lowest BCUT2D eigenvalue weighted by atomic mass is 10.0. The highest BCUT2D eigenvalue weighted by Crippen LogP contribution is 2.28. The van der Waals surface area contributed by atoms with Gasteiger partial charge in [0.05, 0.1) is 0 Å². The predicted octanol–water partition coefficient (Wildman–Crippen LogP) is 5.51. The summed E-state index contributed by atoms with van der Waals surface area (Å²) in [5.41, 5.74) is 2.40. The Morgan fingerprint density at radius 2 is 1.68 bits per heavy atom. The fourth-order valence-corrected chi connectivity index (χ4v) is 2.99. The van der Waals surface area contributed by atoms with Crippen LogP contribution in [0.4, 0.5) is 0 Å². The van der Waals surface area contributed by atoms with Gasteiger partial charge in [-0.05, 0) is 37.1 Å². The van der Waals surface area contributed by atoms with Gasteiger partial charge in [-0.3, -0.25) is 0 Å². The third-order valence-electron chi connectivity index (χ3n) is 3.23. The van der Waals surface area contributed by atoms with Gasteiger partial charge < -0.3 is 5.32 Å². The van der Waals surface area contributed by atoms with E-state index in [1.165, 1.54) is 5.56 Å². The summed E-state index contributed by atoms with van der Waals surface area (Å²) in [5, 5.41) is 4.36. The SMILES string of the molecule is CC(NC(C)c1ccc(Br)cc1Cl)c1ccccc1. The lowest BCUT2D eigenvalue weighted by Gasteiger charge is -2.21. The average molecular weight is 339 g/mol. The summed E-state index contributed by atoms with van der Waals surface area (Å²) < 4.78 is 1.00. The predicted molar refractivity (Wildman–Crippen MR) is 85.6 cm³/mol.